The Labute approximate surface area is 213 Å². The summed E-state index contributed by atoms with van der Waals surface area (Å²) in [6, 6.07) is 35.9. The third-order valence-corrected chi connectivity index (χ3v) is 9.81. The maximum absolute atomic E-state index is 13.1. The minimum atomic E-state index is -3.54. The molecule has 0 saturated carbocycles. The van der Waals surface area contributed by atoms with E-state index in [0.29, 0.717) is 9.79 Å². The smallest absolute Gasteiger partial charge is 0.206 e. The lowest BCUT2D eigenvalue weighted by Crippen LogP contribution is -2.29. The van der Waals surface area contributed by atoms with Crippen LogP contribution in [0, 0.1) is 0 Å². The zero-order valence-electron chi connectivity index (χ0n) is 20.5. The molecule has 178 valence electrons. The molecule has 0 spiro atoms. The van der Waals surface area contributed by atoms with Crippen molar-refractivity contribution in [2.75, 3.05) is 0 Å². The van der Waals surface area contributed by atoms with Gasteiger partial charge in [0.25, 0.3) is 0 Å². The van der Waals surface area contributed by atoms with Gasteiger partial charge >= 0.3 is 0 Å². The molecule has 0 radical (unpaired) electrons. The van der Waals surface area contributed by atoms with E-state index < -0.39 is 9.84 Å². The SMILES string of the molecule is CCC1(CC)c2ccccc2-c2ccc(-c3ccc(S(=O)(=O)c4ccccc4)cc3)c3cccc1c23. The minimum Gasteiger partial charge on any atom is -0.219 e. The number of hydrogen-bond donors (Lipinski definition) is 0. The van der Waals surface area contributed by atoms with Gasteiger partial charge in [0.05, 0.1) is 9.79 Å². The van der Waals surface area contributed by atoms with Crippen LogP contribution in [0.25, 0.3) is 33.0 Å². The van der Waals surface area contributed by atoms with E-state index in [1.54, 1.807) is 36.4 Å². The van der Waals surface area contributed by atoms with Crippen molar-refractivity contribution in [2.45, 2.75) is 41.9 Å². The molecule has 1 aliphatic rings. The average molecular weight is 489 g/mol. The van der Waals surface area contributed by atoms with Crippen LogP contribution in [-0.4, -0.2) is 8.42 Å². The molecule has 0 atom stereocenters. The second kappa shape index (κ2) is 8.46. The van der Waals surface area contributed by atoms with E-state index in [0.717, 1.165) is 24.0 Å². The van der Waals surface area contributed by atoms with Gasteiger partial charge in [-0.2, -0.15) is 0 Å². The number of sulfone groups is 1. The van der Waals surface area contributed by atoms with Gasteiger partial charge in [0.1, 0.15) is 0 Å². The summed E-state index contributed by atoms with van der Waals surface area (Å²) >= 11 is 0. The fraction of sp³-hybridized carbons (Fsp3) is 0.152. The molecule has 5 aromatic rings. The predicted octanol–water partition coefficient (Wildman–Crippen LogP) is 8.43. The number of rotatable bonds is 5. The van der Waals surface area contributed by atoms with Crippen molar-refractivity contribution in [1.29, 1.82) is 0 Å². The summed E-state index contributed by atoms with van der Waals surface area (Å²) in [5, 5.41) is 2.53. The molecule has 0 unspecified atom stereocenters. The maximum Gasteiger partial charge on any atom is 0.206 e. The molecule has 0 aromatic heterocycles. The second-order valence-corrected chi connectivity index (χ2v) is 11.5. The molecule has 0 aliphatic heterocycles. The monoisotopic (exact) mass is 488 g/mol. The Bertz CT molecular complexity index is 1690. The van der Waals surface area contributed by atoms with Crippen LogP contribution in [-0.2, 0) is 15.3 Å². The standard InChI is InChI=1S/C33H28O2S/c1-3-33(4-2)30-15-9-8-13-27(30)29-22-21-26(28-14-10-16-31(33)32(28)29)23-17-19-25(20-18-23)36(34,35)24-11-6-5-7-12-24/h5-22H,3-4H2,1-2H3. The fourth-order valence-corrected chi connectivity index (χ4v) is 7.41. The van der Waals surface area contributed by atoms with Crippen LogP contribution in [0.3, 0.4) is 0 Å². The Hall–Kier alpha value is -3.69. The highest BCUT2D eigenvalue weighted by Gasteiger charge is 2.38. The molecule has 5 aromatic carbocycles. The molecule has 0 bridgehead atoms. The van der Waals surface area contributed by atoms with Crippen molar-refractivity contribution in [1.82, 2.24) is 0 Å². The lowest BCUT2D eigenvalue weighted by atomic mass is 9.63. The molecule has 2 nitrogen and oxygen atoms in total. The van der Waals surface area contributed by atoms with Crippen molar-refractivity contribution in [3.05, 3.63) is 120 Å². The second-order valence-electron chi connectivity index (χ2n) is 9.56. The Morgan fingerprint density at radius 3 is 1.89 bits per heavy atom. The van der Waals surface area contributed by atoms with Crippen molar-refractivity contribution in [3.8, 4) is 22.3 Å². The van der Waals surface area contributed by atoms with Gasteiger partial charge in [-0.15, -0.1) is 0 Å². The number of benzene rings is 5. The number of fused-ring (bicyclic) bond motifs is 2. The van der Waals surface area contributed by atoms with Gasteiger partial charge in [-0.3, -0.25) is 0 Å². The summed E-state index contributed by atoms with van der Waals surface area (Å²) in [5.41, 5.74) is 7.53. The summed E-state index contributed by atoms with van der Waals surface area (Å²) in [5.74, 6) is 0. The molecule has 3 heteroatoms. The summed E-state index contributed by atoms with van der Waals surface area (Å²) in [7, 11) is -3.54. The molecule has 1 aliphatic carbocycles. The van der Waals surface area contributed by atoms with Crippen molar-refractivity contribution in [3.63, 3.8) is 0 Å². The fourth-order valence-electron chi connectivity index (χ4n) is 6.12. The van der Waals surface area contributed by atoms with E-state index in [-0.39, 0.29) is 5.41 Å². The molecule has 0 fully saturated rings. The van der Waals surface area contributed by atoms with E-state index in [9.17, 15) is 8.42 Å². The molecule has 6 rings (SSSR count). The highest BCUT2D eigenvalue weighted by atomic mass is 32.2. The van der Waals surface area contributed by atoms with Crippen LogP contribution in [0.5, 0.6) is 0 Å². The quantitative estimate of drug-likeness (QED) is 0.249. The van der Waals surface area contributed by atoms with Crippen molar-refractivity contribution in [2.24, 2.45) is 0 Å². The van der Waals surface area contributed by atoms with Gasteiger partial charge in [-0.05, 0) is 81.3 Å². The van der Waals surface area contributed by atoms with E-state index in [1.807, 2.05) is 18.2 Å². The zero-order chi connectivity index (χ0) is 24.9. The predicted molar refractivity (Wildman–Crippen MR) is 148 cm³/mol. The van der Waals surface area contributed by atoms with E-state index in [1.165, 1.54) is 33.0 Å². The lowest BCUT2D eigenvalue weighted by Gasteiger charge is -2.40. The average Bonchev–Trinajstić information content (AvgIpc) is 2.94. The first-order chi connectivity index (χ1) is 17.5. The number of hydrogen-bond acceptors (Lipinski definition) is 2. The van der Waals surface area contributed by atoms with Crippen LogP contribution in [0.2, 0.25) is 0 Å². The van der Waals surface area contributed by atoms with Crippen LogP contribution in [0.1, 0.15) is 37.8 Å². The highest BCUT2D eigenvalue weighted by molar-refractivity contribution is 7.91. The lowest BCUT2D eigenvalue weighted by molar-refractivity contribution is 0.481. The third-order valence-electron chi connectivity index (χ3n) is 8.03. The minimum absolute atomic E-state index is 0.0185. The Balaban J connectivity index is 1.54. The normalized spacial score (nSPS) is 13.9. The summed E-state index contributed by atoms with van der Waals surface area (Å²) in [6.45, 7) is 4.58. The third kappa shape index (κ3) is 3.19. The van der Waals surface area contributed by atoms with E-state index in [2.05, 4.69) is 68.4 Å². The zero-order valence-corrected chi connectivity index (χ0v) is 21.3. The first-order valence-electron chi connectivity index (χ1n) is 12.6. The van der Waals surface area contributed by atoms with Gasteiger partial charge in [-0.25, -0.2) is 8.42 Å². The first-order valence-corrected chi connectivity index (χ1v) is 14.1. The van der Waals surface area contributed by atoms with Crippen LogP contribution < -0.4 is 0 Å². The molecule has 0 saturated heterocycles. The summed E-state index contributed by atoms with van der Waals surface area (Å²) < 4.78 is 26.2. The Morgan fingerprint density at radius 2 is 1.17 bits per heavy atom. The van der Waals surface area contributed by atoms with Crippen LogP contribution in [0.15, 0.2) is 119 Å². The Kier molecular flexibility index (Phi) is 5.35. The van der Waals surface area contributed by atoms with Gasteiger partial charge in [0.2, 0.25) is 9.84 Å². The molecule has 36 heavy (non-hydrogen) atoms. The summed E-state index contributed by atoms with van der Waals surface area (Å²) in [4.78, 5) is 0.624. The highest BCUT2D eigenvalue weighted by Crippen LogP contribution is 2.53. The van der Waals surface area contributed by atoms with Crippen molar-refractivity contribution >= 4 is 20.6 Å². The van der Waals surface area contributed by atoms with Crippen LogP contribution in [0.4, 0.5) is 0 Å². The largest absolute Gasteiger partial charge is 0.219 e. The van der Waals surface area contributed by atoms with Gasteiger partial charge < -0.3 is 0 Å². The first kappa shape index (κ1) is 22.8. The van der Waals surface area contributed by atoms with Crippen molar-refractivity contribution < 1.29 is 8.42 Å². The molecule has 0 heterocycles. The molecular formula is C33H28O2S. The van der Waals surface area contributed by atoms with Gasteiger partial charge in [0, 0.05) is 5.41 Å². The summed E-state index contributed by atoms with van der Waals surface area (Å²) in [6.07, 6.45) is 2.07. The maximum atomic E-state index is 13.1. The van der Waals surface area contributed by atoms with Gasteiger partial charge in [-0.1, -0.05) is 98.8 Å². The molecule has 0 N–H and O–H groups in total. The molecular weight excluding hydrogens is 460 g/mol. The topological polar surface area (TPSA) is 34.1 Å². The van der Waals surface area contributed by atoms with E-state index >= 15 is 0 Å². The Morgan fingerprint density at radius 1 is 0.556 bits per heavy atom. The molecule has 0 amide bonds. The van der Waals surface area contributed by atoms with Gasteiger partial charge in [0.15, 0.2) is 0 Å². The van der Waals surface area contributed by atoms with E-state index in [4.69, 9.17) is 0 Å². The van der Waals surface area contributed by atoms with Crippen LogP contribution >= 0.6 is 0 Å².